The zero-order valence-electron chi connectivity index (χ0n) is 33.2. The smallest absolute Gasteiger partial charge is 0.145 e. The van der Waals surface area contributed by atoms with Crippen molar-refractivity contribution in [3.05, 3.63) is 251 Å². The number of fused-ring (bicyclic) bond motifs is 15. The molecule has 0 bridgehead atoms. The van der Waals surface area contributed by atoms with E-state index in [1.54, 1.807) is 0 Å². The summed E-state index contributed by atoms with van der Waals surface area (Å²) in [6, 6.07) is 77.2. The fourth-order valence-electron chi connectivity index (χ4n) is 10.7. The SMILES string of the molecule is c1ccc(-c2ccc(C3=NC(c4ccc(-c5nc6ccccc6c6c7c(ccc56)C5(c6ccccc6-c6ccccc65)c5ccccc5-7)cc4)Nc4ccccc43)cc2)cc1. The lowest BCUT2D eigenvalue weighted by Crippen LogP contribution is -2.25. The van der Waals surface area contributed by atoms with E-state index in [0.29, 0.717) is 0 Å². The number of nitrogens with zero attached hydrogens (tertiary/aromatic N) is 2. The Labute approximate surface area is 354 Å². The Morgan fingerprint density at radius 1 is 0.393 bits per heavy atom. The lowest BCUT2D eigenvalue weighted by molar-refractivity contribution is 0.794. The van der Waals surface area contributed by atoms with E-state index in [4.69, 9.17) is 9.98 Å². The van der Waals surface area contributed by atoms with Gasteiger partial charge in [-0.15, -0.1) is 0 Å². The van der Waals surface area contributed by atoms with Crippen molar-refractivity contribution < 1.29 is 0 Å². The van der Waals surface area contributed by atoms with Crippen molar-refractivity contribution in [2.45, 2.75) is 11.6 Å². The number of benzene rings is 9. The molecule has 2 aliphatic carbocycles. The molecule has 61 heavy (non-hydrogen) atoms. The Hall–Kier alpha value is -7.88. The van der Waals surface area contributed by atoms with Gasteiger partial charge in [-0.3, -0.25) is 4.99 Å². The molecule has 0 fully saturated rings. The number of aromatic nitrogens is 1. The van der Waals surface area contributed by atoms with Crippen LogP contribution in [-0.2, 0) is 5.41 Å². The zero-order chi connectivity index (χ0) is 40.1. The minimum absolute atomic E-state index is 0.248. The van der Waals surface area contributed by atoms with Gasteiger partial charge in [-0.1, -0.05) is 200 Å². The number of aliphatic imine (C=N–C) groups is 1. The number of nitrogens with one attached hydrogen (secondary N) is 1. The number of hydrogen-bond acceptors (Lipinski definition) is 3. The minimum Gasteiger partial charge on any atom is -0.360 e. The topological polar surface area (TPSA) is 37.3 Å². The molecular formula is C58H37N3. The molecule has 1 N–H and O–H groups in total. The number of para-hydroxylation sites is 2. The summed E-state index contributed by atoms with van der Waals surface area (Å²) in [4.78, 5) is 10.8. The van der Waals surface area contributed by atoms with Gasteiger partial charge in [-0.25, -0.2) is 4.98 Å². The molecule has 3 nitrogen and oxygen atoms in total. The fraction of sp³-hybridized carbons (Fsp3) is 0.0345. The molecule has 0 radical (unpaired) electrons. The third-order valence-corrected chi connectivity index (χ3v) is 13.3. The Morgan fingerprint density at radius 2 is 0.951 bits per heavy atom. The first-order valence-electron chi connectivity index (χ1n) is 21.1. The molecule has 1 unspecified atom stereocenters. The third kappa shape index (κ3) is 4.86. The summed E-state index contributed by atoms with van der Waals surface area (Å²) >= 11 is 0. The summed E-state index contributed by atoms with van der Waals surface area (Å²) < 4.78 is 0. The zero-order valence-corrected chi connectivity index (χ0v) is 33.2. The van der Waals surface area contributed by atoms with Crippen LogP contribution in [-0.4, -0.2) is 10.7 Å². The number of anilines is 1. The first-order chi connectivity index (χ1) is 30.3. The van der Waals surface area contributed by atoms with Gasteiger partial charge in [-0.05, 0) is 73.3 Å². The summed E-state index contributed by atoms with van der Waals surface area (Å²) in [6.07, 6.45) is -0.248. The molecule has 10 aromatic rings. The van der Waals surface area contributed by atoms with Crippen molar-refractivity contribution in [3.8, 4) is 44.6 Å². The molecule has 0 saturated carbocycles. The molecule has 1 aromatic heterocycles. The van der Waals surface area contributed by atoms with Gasteiger partial charge in [0.25, 0.3) is 0 Å². The number of rotatable bonds is 4. The normalized spacial score (nSPS) is 15.1. The van der Waals surface area contributed by atoms with E-state index in [-0.39, 0.29) is 6.17 Å². The highest BCUT2D eigenvalue weighted by Gasteiger charge is 2.52. The van der Waals surface area contributed by atoms with E-state index >= 15 is 0 Å². The van der Waals surface area contributed by atoms with Gasteiger partial charge >= 0.3 is 0 Å². The van der Waals surface area contributed by atoms with Crippen molar-refractivity contribution in [3.63, 3.8) is 0 Å². The van der Waals surface area contributed by atoms with Gasteiger partial charge in [0.05, 0.1) is 22.3 Å². The highest BCUT2D eigenvalue weighted by atomic mass is 15.1. The molecule has 9 aromatic carbocycles. The number of hydrogen-bond donors (Lipinski definition) is 1. The summed E-state index contributed by atoms with van der Waals surface area (Å²) in [5, 5.41) is 7.32. The maximum Gasteiger partial charge on any atom is 0.145 e. The molecule has 0 saturated heterocycles. The van der Waals surface area contributed by atoms with Crippen LogP contribution in [0.15, 0.2) is 217 Å². The summed E-state index contributed by atoms with van der Waals surface area (Å²) in [6.45, 7) is 0. The average Bonchev–Trinajstić information content (AvgIpc) is 3.81. The van der Waals surface area contributed by atoms with E-state index in [9.17, 15) is 0 Å². The second-order valence-electron chi connectivity index (χ2n) is 16.4. The Kier molecular flexibility index (Phi) is 7.29. The van der Waals surface area contributed by atoms with Crippen molar-refractivity contribution in [2.75, 3.05) is 5.32 Å². The molecule has 3 aliphatic rings. The Balaban J connectivity index is 0.956. The van der Waals surface area contributed by atoms with Crippen molar-refractivity contribution >= 4 is 33.1 Å². The maximum atomic E-state index is 5.43. The van der Waals surface area contributed by atoms with Crippen LogP contribution in [0, 0.1) is 0 Å². The molecule has 3 heteroatoms. The molecule has 1 atom stereocenters. The Morgan fingerprint density at radius 3 is 1.69 bits per heavy atom. The largest absolute Gasteiger partial charge is 0.360 e. The van der Waals surface area contributed by atoms with Crippen LogP contribution in [0.4, 0.5) is 5.69 Å². The molecule has 1 aliphatic heterocycles. The number of pyridine rings is 1. The third-order valence-electron chi connectivity index (χ3n) is 13.3. The van der Waals surface area contributed by atoms with Gasteiger partial charge < -0.3 is 5.32 Å². The second-order valence-corrected chi connectivity index (χ2v) is 16.4. The van der Waals surface area contributed by atoms with Crippen molar-refractivity contribution in [2.24, 2.45) is 4.99 Å². The predicted octanol–water partition coefficient (Wildman–Crippen LogP) is 14.0. The van der Waals surface area contributed by atoms with Crippen LogP contribution in [0.5, 0.6) is 0 Å². The van der Waals surface area contributed by atoms with Crippen molar-refractivity contribution in [1.82, 2.24) is 4.98 Å². The van der Waals surface area contributed by atoms with Crippen LogP contribution in [0.25, 0.3) is 66.3 Å². The first kappa shape index (κ1) is 34.0. The molecule has 284 valence electrons. The molecular weight excluding hydrogens is 739 g/mol. The molecule has 13 rings (SSSR count). The van der Waals surface area contributed by atoms with Crippen LogP contribution in [0.2, 0.25) is 0 Å². The van der Waals surface area contributed by atoms with Crippen LogP contribution < -0.4 is 5.32 Å². The van der Waals surface area contributed by atoms with Gasteiger partial charge in [-0.2, -0.15) is 0 Å². The molecule has 0 amide bonds. The van der Waals surface area contributed by atoms with Gasteiger partial charge in [0, 0.05) is 38.5 Å². The van der Waals surface area contributed by atoms with Crippen LogP contribution >= 0.6 is 0 Å². The van der Waals surface area contributed by atoms with E-state index < -0.39 is 5.41 Å². The highest BCUT2D eigenvalue weighted by Crippen LogP contribution is 2.64. The fourth-order valence-corrected chi connectivity index (χ4v) is 10.7. The van der Waals surface area contributed by atoms with Gasteiger partial charge in [0.2, 0.25) is 0 Å². The summed E-state index contributed by atoms with van der Waals surface area (Å²) in [5.41, 5.74) is 21.0. The van der Waals surface area contributed by atoms with Gasteiger partial charge in [0.15, 0.2) is 0 Å². The van der Waals surface area contributed by atoms with Crippen molar-refractivity contribution in [1.29, 1.82) is 0 Å². The second kappa shape index (κ2) is 13.1. The summed E-state index contributed by atoms with van der Waals surface area (Å²) in [7, 11) is 0. The van der Waals surface area contributed by atoms with E-state index in [1.807, 2.05) is 0 Å². The minimum atomic E-state index is -0.408. The Bertz CT molecular complexity index is 3390. The first-order valence-corrected chi connectivity index (χ1v) is 21.1. The van der Waals surface area contributed by atoms with Crippen LogP contribution in [0.1, 0.15) is 45.1 Å². The van der Waals surface area contributed by atoms with Crippen LogP contribution in [0.3, 0.4) is 0 Å². The summed E-state index contributed by atoms with van der Waals surface area (Å²) in [5.74, 6) is 0. The van der Waals surface area contributed by atoms with E-state index in [0.717, 1.165) is 50.2 Å². The highest BCUT2D eigenvalue weighted by molar-refractivity contribution is 6.20. The predicted molar refractivity (Wildman–Crippen MR) is 251 cm³/mol. The lowest BCUT2D eigenvalue weighted by atomic mass is 9.70. The lowest BCUT2D eigenvalue weighted by Gasteiger charge is -2.30. The average molecular weight is 776 g/mol. The van der Waals surface area contributed by atoms with E-state index in [1.165, 1.54) is 66.4 Å². The standard InChI is InChI=1S/C58H37N3/c1-2-14-36(15-3-1)37-26-28-38(29-27-37)55-45-20-8-13-25-52(45)60-57(61-55)40-32-30-39(31-33-40)56-46-34-35-50-54(53(46)44-19-7-12-24-51(44)59-56)43-18-6-11-23-49(43)58(50)47-21-9-4-16-41(47)42-17-5-10-22-48(42)58/h1-35,57,60H. The quantitative estimate of drug-likeness (QED) is 0.181. The molecule has 2 heterocycles. The monoisotopic (exact) mass is 775 g/mol. The van der Waals surface area contributed by atoms with Gasteiger partial charge in [0.1, 0.15) is 6.17 Å². The van der Waals surface area contributed by atoms with E-state index in [2.05, 4.69) is 218 Å². The maximum absolute atomic E-state index is 5.43. The molecule has 1 spiro atoms.